The van der Waals surface area contributed by atoms with E-state index in [0.29, 0.717) is 6.42 Å². The number of phenolic OH excluding ortho intramolecular Hbond substituents is 6. The number of nitrogens with one attached hydrogen (secondary N) is 18. The first-order valence-electron chi connectivity index (χ1n) is 47.8. The highest BCUT2D eigenvalue weighted by Gasteiger charge is 2.43. The Labute approximate surface area is 866 Å². The monoisotopic (exact) mass is 2110 g/mol. The lowest BCUT2D eigenvalue weighted by molar-refractivity contribution is -0.138. The summed E-state index contributed by atoms with van der Waals surface area (Å²) in [6.07, 6.45) is -1.55. The minimum absolute atomic E-state index is 0.0143. The lowest BCUT2D eigenvalue weighted by atomic mass is 10.0. The Morgan fingerprint density at radius 1 is 0.387 bits per heavy atom. The topological polar surface area (TPSA) is 801 Å². The van der Waals surface area contributed by atoms with Crippen LogP contribution in [-0.2, 0) is 91.1 Å². The maximum atomic E-state index is 15.4. The predicted molar refractivity (Wildman–Crippen MR) is 538 cm³/mol. The highest BCUT2D eigenvalue weighted by Crippen LogP contribution is 2.30. The van der Waals surface area contributed by atoms with Gasteiger partial charge in [0.2, 0.25) is 112 Å². The largest absolute Gasteiger partial charge is 0.508 e. The fourth-order valence-electron chi connectivity index (χ4n) is 14.9. The van der Waals surface area contributed by atoms with Gasteiger partial charge in [0.25, 0.3) is 0 Å². The molecule has 0 bridgehead atoms. The van der Waals surface area contributed by atoms with Crippen LogP contribution in [0.5, 0.6) is 34.5 Å². The van der Waals surface area contributed by atoms with Crippen molar-refractivity contribution in [2.24, 2.45) is 29.0 Å². The molecule has 0 aromatic heterocycles. The number of rotatable bonds is 26. The van der Waals surface area contributed by atoms with Gasteiger partial charge in [0.15, 0.2) is 0 Å². The molecule has 1 fully saturated rings. The van der Waals surface area contributed by atoms with Crippen LogP contribution in [0.15, 0.2) is 164 Å². The Morgan fingerprint density at radius 3 is 1.13 bits per heavy atom. The Morgan fingerprint density at radius 2 is 0.720 bits per heavy atom. The molecule has 1 aliphatic rings. The Bertz CT molecular complexity index is 5820. The Kier molecular flexibility index (Phi) is 46.8. The molecule has 19 amide bonds. The van der Waals surface area contributed by atoms with Crippen molar-refractivity contribution in [1.29, 1.82) is 0 Å². The van der Waals surface area contributed by atoms with Crippen molar-refractivity contribution in [3.63, 3.8) is 0 Å². The van der Waals surface area contributed by atoms with Crippen LogP contribution in [0.1, 0.15) is 177 Å². The number of halogens is 1. The minimum atomic E-state index is -2.21. The van der Waals surface area contributed by atoms with E-state index in [1.807, 2.05) is 13.8 Å². The maximum absolute atomic E-state index is 15.4. The second kappa shape index (κ2) is 58.2. The van der Waals surface area contributed by atoms with Gasteiger partial charge in [-0.15, -0.1) is 0 Å². The van der Waals surface area contributed by atoms with E-state index in [1.165, 1.54) is 36.4 Å². The number of carbonyl (C=O) groups is 19. The first-order valence-corrected chi connectivity index (χ1v) is 48.1. The van der Waals surface area contributed by atoms with Crippen LogP contribution in [0.2, 0.25) is 5.02 Å². The van der Waals surface area contributed by atoms with E-state index in [-0.39, 0.29) is 101 Å². The number of carbonyl (C=O) groups excluding carboxylic acids is 19. The number of primary amides is 1. The van der Waals surface area contributed by atoms with Gasteiger partial charge in [-0.2, -0.15) is 0 Å². The number of aliphatic hydroxyl groups is 3. The van der Waals surface area contributed by atoms with E-state index in [9.17, 15) is 113 Å². The SMILES string of the molecule is CC(C)C/C=C/C=C\C(=O)N[C@@H](CC(N)=O)C(=O)N[C@H]1CNC(=O)[C@H](c2ccc(O)c(Cl)c2)NC(=O)[C@@H](C)NC(=O)[C@H](CC(C)C)NC(=O)CNC(=O)[C@H](c2ccc(O)cc2)NC(=O)[C@@H]([C@@H](C)O)NC(=O)[C@H](c2ccc(O)cc2)NC(=O)[C@@H](CCCN)NC(=O)[C@@H](C)NC(=O)[C@H]([C@H](C)O)NC(=O)[C@@H](c2ccc(O)cc2)NC(=O)[C@H](c2ccc(O)cc2)NC(=O)[C@@H]([C@@H](C)O)NC(=O)[C@@H](CCCN)NC(=O)[C@@H](c2ccc(O)cc2)NC1=O. The number of nitrogens with two attached hydrogens (primary N) is 3. The van der Waals surface area contributed by atoms with E-state index in [2.05, 4.69) is 95.7 Å². The van der Waals surface area contributed by atoms with Crippen molar-refractivity contribution in [1.82, 2.24) is 95.7 Å². The van der Waals surface area contributed by atoms with Gasteiger partial charge in [0, 0.05) is 12.6 Å². The summed E-state index contributed by atoms with van der Waals surface area (Å²) in [4.78, 5) is 278. The molecule has 810 valence electrons. The van der Waals surface area contributed by atoms with E-state index >= 15 is 24.0 Å². The van der Waals surface area contributed by atoms with Crippen LogP contribution in [0.25, 0.3) is 0 Å². The number of aromatic hydroxyl groups is 6. The zero-order valence-electron chi connectivity index (χ0n) is 83.4. The fourth-order valence-corrected chi connectivity index (χ4v) is 15.1. The normalized spacial score (nSPS) is 23.5. The zero-order chi connectivity index (χ0) is 111. The van der Waals surface area contributed by atoms with Gasteiger partial charge in [-0.3, -0.25) is 91.1 Å². The molecule has 1 heterocycles. The molecule has 0 saturated carbocycles. The summed E-state index contributed by atoms with van der Waals surface area (Å²) < 4.78 is 0. The third kappa shape index (κ3) is 37.5. The first kappa shape index (κ1) is 121. The first-order chi connectivity index (χ1) is 70.9. The van der Waals surface area contributed by atoms with Crippen molar-refractivity contribution in [3.8, 4) is 34.5 Å². The van der Waals surface area contributed by atoms with Crippen molar-refractivity contribution in [2.45, 2.75) is 222 Å². The van der Waals surface area contributed by atoms with Crippen molar-refractivity contribution >= 4 is 124 Å². The number of benzene rings is 6. The smallest absolute Gasteiger partial charge is 0.248 e. The zero-order valence-corrected chi connectivity index (χ0v) is 84.1. The predicted octanol–water partition coefficient (Wildman–Crippen LogP) is -3.15. The van der Waals surface area contributed by atoms with E-state index in [4.69, 9.17) is 28.8 Å². The maximum Gasteiger partial charge on any atom is 0.248 e. The minimum Gasteiger partial charge on any atom is -0.508 e. The molecule has 0 spiro atoms. The Hall–Kier alpha value is -16.4. The van der Waals surface area contributed by atoms with Crippen molar-refractivity contribution in [2.75, 3.05) is 26.2 Å². The van der Waals surface area contributed by atoms with Crippen LogP contribution in [-0.4, -0.2) is 263 Å². The van der Waals surface area contributed by atoms with Crippen molar-refractivity contribution in [3.05, 3.63) is 202 Å². The summed E-state index contributed by atoms with van der Waals surface area (Å²) in [6, 6.07) is -5.27. The van der Waals surface area contributed by atoms with E-state index in [1.54, 1.807) is 19.9 Å². The second-order valence-electron chi connectivity index (χ2n) is 36.4. The molecule has 6 aromatic carbocycles. The number of hydrogen-bond acceptors (Lipinski definition) is 30. The van der Waals surface area contributed by atoms with Gasteiger partial charge in [0.05, 0.1) is 36.3 Å². The van der Waals surface area contributed by atoms with E-state index in [0.717, 1.165) is 156 Å². The van der Waals surface area contributed by atoms with E-state index < -0.39 is 276 Å². The molecule has 50 heteroatoms. The Balaban J connectivity index is 1.35. The molecule has 0 aliphatic carbocycles. The van der Waals surface area contributed by atoms with Gasteiger partial charge in [-0.1, -0.05) is 124 Å². The average molecular weight is 2110 g/mol. The number of amides is 19. The molecule has 49 nitrogen and oxygen atoms in total. The summed E-state index contributed by atoms with van der Waals surface area (Å²) in [5, 5.41) is 140. The molecule has 7 rings (SSSR count). The molecular formula is C100H130ClN21O28. The number of aliphatic hydroxyl groups excluding tert-OH is 3. The van der Waals surface area contributed by atoms with Crippen LogP contribution in [0, 0.1) is 11.8 Å². The van der Waals surface area contributed by atoms with Gasteiger partial charge in [-0.05, 0) is 204 Å². The van der Waals surface area contributed by atoms with Crippen LogP contribution in [0.3, 0.4) is 0 Å². The average Bonchev–Trinajstić information content (AvgIpc) is 0.808. The molecule has 0 radical (unpaired) electrons. The number of phenols is 6. The highest BCUT2D eigenvalue weighted by atomic mass is 35.5. The lowest BCUT2D eigenvalue weighted by Crippen LogP contribution is -2.60. The summed E-state index contributed by atoms with van der Waals surface area (Å²) in [7, 11) is 0. The molecule has 0 unspecified atom stereocenters. The quantitative estimate of drug-likeness (QED) is 0.0188. The van der Waals surface area contributed by atoms with Crippen LogP contribution < -0.4 is 113 Å². The third-order valence-electron chi connectivity index (χ3n) is 23.1. The molecule has 1 aliphatic heterocycles. The standard InChI is InChI=1S/C100H130ClN21O28/c1-48(2)15-11-10-12-18-74(133)109-70(45-73(104)132)90(140)113-71-46-105-93(143)84(60-29-40-72(131)66(101)44-60)117-86(136)51(6)107-89(139)69(43-49(3)4)110-75(134)47-106-92(142)79(55-19-30-61(126)31-20-55)120-96(146)78(54(9)125)116-98(148)81(57-23-34-63(128)35-24-57)118-88(138)67(16-13-41-102)111-85(135)50(5)108-94(144)76(52(7)123)115-99(149)82(58-25-36-64(129)37-26-58)122-100(150)83(59-27-38-65(130)39-28-59)121-95(145)77(53(8)124)114-87(137)68(17-14-42-103)112-97(147)80(119-91(71)141)56-21-32-62(127)33-22-56/h10-12,18-40,44,48-54,67-71,76-84,123-131H,13-17,41-43,45-47,102-103H2,1-9H3,(H2,104,132)(H,105,143)(H,106,142)(H,107,139)(H,108,144)(H,109,133)(H,110,134)(H,111,135)(H,112,147)(H,113,140)(H,114,137)(H,115,149)(H,116,148)(H,117,136)(H,118,138)(H,119,141)(H,120,146)(H,121,145)(H,122,150)/b11-10+,18-12-/t50-,51-,52+,53-,54-,67-,68-,69+,70+,71+,76+,77-,78-,79+,80-,81+,82-,83+,84+/m1/s1. The third-order valence-corrected chi connectivity index (χ3v) is 23.4. The van der Waals surface area contributed by atoms with Gasteiger partial charge in [0.1, 0.15) is 131 Å². The summed E-state index contributed by atoms with van der Waals surface area (Å²) in [5.74, 6) is -26.1. The molecule has 1 saturated heterocycles. The van der Waals surface area contributed by atoms with Gasteiger partial charge < -0.3 is 159 Å². The molecule has 150 heavy (non-hydrogen) atoms. The van der Waals surface area contributed by atoms with Crippen molar-refractivity contribution < 1.29 is 137 Å². The van der Waals surface area contributed by atoms with Gasteiger partial charge in [-0.25, -0.2) is 0 Å². The number of hydrogen-bond donors (Lipinski definition) is 30. The summed E-state index contributed by atoms with van der Waals surface area (Å²) in [5.41, 5.74) is 16.5. The molecular weight excluding hydrogens is 1980 g/mol. The second-order valence-corrected chi connectivity index (χ2v) is 36.8. The fraction of sp³-hybridized carbons (Fsp3) is 0.410. The highest BCUT2D eigenvalue weighted by molar-refractivity contribution is 6.32. The van der Waals surface area contributed by atoms with Gasteiger partial charge >= 0.3 is 0 Å². The van der Waals surface area contributed by atoms with Crippen LogP contribution >= 0.6 is 11.6 Å². The molecule has 6 aromatic rings. The summed E-state index contributed by atoms with van der Waals surface area (Å²) in [6.45, 7) is 10.1. The van der Waals surface area contributed by atoms with Crippen LogP contribution in [0.4, 0.5) is 0 Å². The summed E-state index contributed by atoms with van der Waals surface area (Å²) >= 11 is 6.41. The number of allylic oxidation sites excluding steroid dienone is 3. The molecule has 33 N–H and O–H groups in total. The lowest BCUT2D eigenvalue weighted by Gasteiger charge is -2.29. The molecule has 19 atom stereocenters.